The van der Waals surface area contributed by atoms with Gasteiger partial charge in [0.2, 0.25) is 0 Å². The molecule has 0 saturated carbocycles. The number of fused-ring (bicyclic) bond motifs is 1. The van der Waals surface area contributed by atoms with Crippen LogP contribution in [-0.4, -0.2) is 22.1 Å². The van der Waals surface area contributed by atoms with Crippen molar-refractivity contribution in [1.29, 1.82) is 0 Å². The molecule has 0 radical (unpaired) electrons. The van der Waals surface area contributed by atoms with Crippen molar-refractivity contribution in [2.45, 2.75) is 72.3 Å². The second-order valence-electron chi connectivity index (χ2n) is 7.49. The third-order valence-corrected chi connectivity index (χ3v) is 4.04. The van der Waals surface area contributed by atoms with Crippen molar-refractivity contribution in [2.24, 2.45) is 5.92 Å². The number of aryl methyl sites for hydroxylation is 2. The average molecular weight is 275 g/mol. The van der Waals surface area contributed by atoms with Crippen LogP contribution in [0.3, 0.4) is 0 Å². The van der Waals surface area contributed by atoms with Gasteiger partial charge < -0.3 is 5.32 Å². The van der Waals surface area contributed by atoms with Crippen LogP contribution in [0.4, 0.5) is 0 Å². The quantitative estimate of drug-likeness (QED) is 0.918. The van der Waals surface area contributed by atoms with E-state index in [2.05, 4.69) is 46.9 Å². The van der Waals surface area contributed by atoms with Gasteiger partial charge in [0.05, 0.1) is 0 Å². The van der Waals surface area contributed by atoms with E-state index in [9.17, 15) is 0 Å². The van der Waals surface area contributed by atoms with Gasteiger partial charge in [0.15, 0.2) is 0 Å². The first kappa shape index (κ1) is 15.4. The molecule has 112 valence electrons. The first-order valence-corrected chi connectivity index (χ1v) is 7.87. The van der Waals surface area contributed by atoms with Crippen LogP contribution in [0.1, 0.15) is 69.7 Å². The molecule has 0 aliphatic heterocycles. The maximum absolute atomic E-state index is 4.79. The van der Waals surface area contributed by atoms with Crippen LogP contribution in [0, 0.1) is 12.8 Å². The first-order valence-electron chi connectivity index (χ1n) is 7.87. The minimum absolute atomic E-state index is 0.202. The minimum Gasteiger partial charge on any atom is -0.312 e. The van der Waals surface area contributed by atoms with Gasteiger partial charge >= 0.3 is 0 Å². The number of aromatic nitrogens is 2. The Balaban J connectivity index is 2.10. The molecule has 1 unspecified atom stereocenters. The highest BCUT2D eigenvalue weighted by Gasteiger charge is 2.24. The molecule has 1 N–H and O–H groups in total. The van der Waals surface area contributed by atoms with Crippen molar-refractivity contribution in [3.05, 3.63) is 22.8 Å². The summed E-state index contributed by atoms with van der Waals surface area (Å²) in [5.74, 6) is 2.14. The zero-order valence-electron chi connectivity index (χ0n) is 13.9. The molecule has 20 heavy (non-hydrogen) atoms. The van der Waals surface area contributed by atoms with Crippen LogP contribution in [0.5, 0.6) is 0 Å². The number of nitrogens with zero attached hydrogens (tertiary/aromatic N) is 2. The monoisotopic (exact) mass is 275 g/mol. The summed E-state index contributed by atoms with van der Waals surface area (Å²) in [5.41, 5.74) is 4.10. The zero-order chi connectivity index (χ0) is 14.9. The van der Waals surface area contributed by atoms with Gasteiger partial charge in [-0.25, -0.2) is 9.97 Å². The van der Waals surface area contributed by atoms with Gasteiger partial charge in [-0.3, -0.25) is 0 Å². The van der Waals surface area contributed by atoms with Crippen molar-refractivity contribution >= 4 is 0 Å². The minimum atomic E-state index is 0.202. The molecule has 1 atom stereocenters. The third kappa shape index (κ3) is 3.78. The topological polar surface area (TPSA) is 37.8 Å². The summed E-state index contributed by atoms with van der Waals surface area (Å²) in [7, 11) is 0. The summed E-state index contributed by atoms with van der Waals surface area (Å²) in [6, 6.07) is 0. The molecule has 1 aliphatic rings. The van der Waals surface area contributed by atoms with Gasteiger partial charge in [-0.05, 0) is 65.0 Å². The van der Waals surface area contributed by atoms with E-state index in [1.165, 1.54) is 23.4 Å². The fourth-order valence-electron chi connectivity index (χ4n) is 2.77. The van der Waals surface area contributed by atoms with E-state index in [-0.39, 0.29) is 5.54 Å². The fraction of sp³-hybridized carbons (Fsp3) is 0.765. The van der Waals surface area contributed by atoms with Gasteiger partial charge in [0.25, 0.3) is 0 Å². The Labute approximate surface area is 123 Å². The molecule has 3 nitrogen and oxygen atoms in total. The number of rotatable bonds is 3. The molecule has 0 fully saturated rings. The van der Waals surface area contributed by atoms with Crippen LogP contribution in [0.25, 0.3) is 0 Å². The van der Waals surface area contributed by atoms with E-state index in [1.54, 1.807) is 0 Å². The Bertz CT molecular complexity index is 472. The van der Waals surface area contributed by atoms with Gasteiger partial charge in [-0.2, -0.15) is 0 Å². The maximum Gasteiger partial charge on any atom is 0.131 e. The Kier molecular flexibility index (Phi) is 4.48. The lowest BCUT2D eigenvalue weighted by Crippen LogP contribution is -2.40. The lowest BCUT2D eigenvalue weighted by atomic mass is 9.85. The van der Waals surface area contributed by atoms with E-state index < -0.39 is 0 Å². The predicted octanol–water partition coefficient (Wildman–Crippen LogP) is 3.40. The maximum atomic E-state index is 4.79. The molecular formula is C17H29N3. The van der Waals surface area contributed by atoms with Crippen LogP contribution < -0.4 is 5.32 Å². The molecule has 1 aromatic rings. The molecule has 0 spiro atoms. The van der Waals surface area contributed by atoms with Crippen LogP contribution in [0.2, 0.25) is 0 Å². The second kappa shape index (κ2) is 5.80. The fourth-order valence-corrected chi connectivity index (χ4v) is 2.77. The summed E-state index contributed by atoms with van der Waals surface area (Å²) < 4.78 is 0. The second-order valence-corrected chi connectivity index (χ2v) is 7.49. The normalized spacial score (nSPS) is 19.2. The van der Waals surface area contributed by atoms with E-state index in [0.29, 0.717) is 11.8 Å². The SMILES string of the molecule is Cc1nc(C(C)C)nc2c1CC(CNC(C)(C)C)CC2. The van der Waals surface area contributed by atoms with Crippen LogP contribution in [0.15, 0.2) is 0 Å². The van der Waals surface area contributed by atoms with Crippen molar-refractivity contribution in [3.63, 3.8) is 0 Å². The summed E-state index contributed by atoms with van der Waals surface area (Å²) in [6.45, 7) is 14.3. The standard InChI is InChI=1S/C17H29N3/c1-11(2)16-19-12(3)14-9-13(7-8-15(14)20-16)10-18-17(4,5)6/h11,13,18H,7-10H2,1-6H3. The van der Waals surface area contributed by atoms with Gasteiger partial charge in [-0.15, -0.1) is 0 Å². The zero-order valence-corrected chi connectivity index (χ0v) is 13.9. The predicted molar refractivity (Wildman–Crippen MR) is 84.1 cm³/mol. The molecule has 2 rings (SSSR count). The largest absolute Gasteiger partial charge is 0.312 e. The highest BCUT2D eigenvalue weighted by Crippen LogP contribution is 2.27. The van der Waals surface area contributed by atoms with Crippen LogP contribution in [-0.2, 0) is 12.8 Å². The Morgan fingerprint density at radius 2 is 1.95 bits per heavy atom. The Hall–Kier alpha value is -0.960. The summed E-state index contributed by atoms with van der Waals surface area (Å²) in [6.07, 6.45) is 3.47. The molecule has 0 amide bonds. The lowest BCUT2D eigenvalue weighted by Gasteiger charge is -2.29. The highest BCUT2D eigenvalue weighted by atomic mass is 14.9. The molecule has 3 heteroatoms. The molecule has 0 aromatic carbocycles. The first-order chi connectivity index (χ1) is 9.26. The Morgan fingerprint density at radius 3 is 2.55 bits per heavy atom. The molecule has 1 aliphatic carbocycles. The average Bonchev–Trinajstić information content (AvgIpc) is 2.35. The summed E-state index contributed by atoms with van der Waals surface area (Å²) >= 11 is 0. The van der Waals surface area contributed by atoms with Gasteiger partial charge in [0, 0.05) is 22.8 Å². The molecule has 1 heterocycles. The molecular weight excluding hydrogens is 246 g/mol. The van der Waals surface area contributed by atoms with Crippen LogP contribution >= 0.6 is 0 Å². The molecule has 0 bridgehead atoms. The summed E-state index contributed by atoms with van der Waals surface area (Å²) in [5, 5.41) is 3.63. The van der Waals surface area contributed by atoms with Gasteiger partial charge in [0.1, 0.15) is 5.82 Å². The van der Waals surface area contributed by atoms with Gasteiger partial charge in [-0.1, -0.05) is 13.8 Å². The molecule has 1 aromatic heterocycles. The van der Waals surface area contributed by atoms with Crippen molar-refractivity contribution < 1.29 is 0 Å². The van der Waals surface area contributed by atoms with E-state index in [0.717, 1.165) is 25.2 Å². The number of hydrogen-bond acceptors (Lipinski definition) is 3. The van der Waals surface area contributed by atoms with E-state index in [1.807, 2.05) is 0 Å². The molecule has 0 saturated heterocycles. The van der Waals surface area contributed by atoms with E-state index in [4.69, 9.17) is 9.97 Å². The van der Waals surface area contributed by atoms with Crippen molar-refractivity contribution in [2.75, 3.05) is 6.54 Å². The number of hydrogen-bond donors (Lipinski definition) is 1. The highest BCUT2D eigenvalue weighted by molar-refractivity contribution is 5.28. The lowest BCUT2D eigenvalue weighted by molar-refractivity contribution is 0.346. The van der Waals surface area contributed by atoms with E-state index >= 15 is 0 Å². The smallest absolute Gasteiger partial charge is 0.131 e. The Morgan fingerprint density at radius 1 is 1.25 bits per heavy atom. The summed E-state index contributed by atoms with van der Waals surface area (Å²) in [4.78, 5) is 9.48. The third-order valence-electron chi connectivity index (χ3n) is 4.04. The number of nitrogens with one attached hydrogen (secondary N) is 1. The van der Waals surface area contributed by atoms with Crippen molar-refractivity contribution in [1.82, 2.24) is 15.3 Å². The van der Waals surface area contributed by atoms with Crippen molar-refractivity contribution in [3.8, 4) is 0 Å².